The molecule has 0 saturated carbocycles. The summed E-state index contributed by atoms with van der Waals surface area (Å²) in [5, 5.41) is 3.42. The number of rotatable bonds is 6. The lowest BCUT2D eigenvalue weighted by Gasteiger charge is -2.21. The van der Waals surface area contributed by atoms with Gasteiger partial charge in [0.25, 0.3) is 0 Å². The van der Waals surface area contributed by atoms with Gasteiger partial charge in [-0.1, -0.05) is 6.92 Å². The van der Waals surface area contributed by atoms with Crippen LogP contribution in [0.3, 0.4) is 0 Å². The van der Waals surface area contributed by atoms with E-state index < -0.39 is 0 Å². The second-order valence-corrected chi connectivity index (χ2v) is 3.90. The largest absolute Gasteiger partial charge is 0.357 e. The SMILES string of the molecule is CCNC(C)c1ccnc(N(CC)CC)c1. The molecule has 0 radical (unpaired) electrons. The minimum atomic E-state index is 0.391. The van der Waals surface area contributed by atoms with Gasteiger partial charge in [0.2, 0.25) is 0 Å². The molecule has 3 nitrogen and oxygen atoms in total. The Labute approximate surface area is 98.9 Å². The average molecular weight is 221 g/mol. The Kier molecular flexibility index (Phi) is 5.26. The van der Waals surface area contributed by atoms with Gasteiger partial charge in [0.1, 0.15) is 5.82 Å². The molecule has 1 rings (SSSR count). The van der Waals surface area contributed by atoms with Crippen molar-refractivity contribution in [2.75, 3.05) is 24.5 Å². The van der Waals surface area contributed by atoms with Gasteiger partial charge in [-0.05, 0) is 45.0 Å². The van der Waals surface area contributed by atoms with Gasteiger partial charge in [0, 0.05) is 25.3 Å². The fraction of sp³-hybridized carbons (Fsp3) is 0.615. The van der Waals surface area contributed by atoms with Crippen molar-refractivity contribution in [2.24, 2.45) is 0 Å². The van der Waals surface area contributed by atoms with Crippen LogP contribution in [-0.2, 0) is 0 Å². The molecule has 0 aliphatic carbocycles. The summed E-state index contributed by atoms with van der Waals surface area (Å²) in [6, 6.07) is 4.66. The van der Waals surface area contributed by atoms with E-state index in [1.807, 2.05) is 6.20 Å². The topological polar surface area (TPSA) is 28.2 Å². The van der Waals surface area contributed by atoms with Crippen LogP contribution in [-0.4, -0.2) is 24.6 Å². The molecule has 0 saturated heterocycles. The normalized spacial score (nSPS) is 12.5. The monoisotopic (exact) mass is 221 g/mol. The minimum absolute atomic E-state index is 0.391. The molecule has 16 heavy (non-hydrogen) atoms. The highest BCUT2D eigenvalue weighted by molar-refractivity contribution is 5.41. The van der Waals surface area contributed by atoms with Crippen molar-refractivity contribution in [3.05, 3.63) is 23.9 Å². The minimum Gasteiger partial charge on any atom is -0.357 e. The molecular weight excluding hydrogens is 198 g/mol. The van der Waals surface area contributed by atoms with Crippen molar-refractivity contribution in [3.8, 4) is 0 Å². The van der Waals surface area contributed by atoms with E-state index in [2.05, 4.69) is 55.0 Å². The van der Waals surface area contributed by atoms with Crippen LogP contribution in [0.2, 0.25) is 0 Å². The highest BCUT2D eigenvalue weighted by Gasteiger charge is 2.07. The number of nitrogens with one attached hydrogen (secondary N) is 1. The van der Waals surface area contributed by atoms with Crippen LogP contribution in [0.1, 0.15) is 39.3 Å². The van der Waals surface area contributed by atoms with Crippen LogP contribution in [0.4, 0.5) is 5.82 Å². The molecule has 0 amide bonds. The molecule has 1 atom stereocenters. The lowest BCUT2D eigenvalue weighted by molar-refractivity contribution is 0.597. The standard InChI is InChI=1S/C13H23N3/c1-5-14-11(4)12-8-9-15-13(10-12)16(6-2)7-3/h8-11,14H,5-7H2,1-4H3. The van der Waals surface area contributed by atoms with Gasteiger partial charge >= 0.3 is 0 Å². The summed E-state index contributed by atoms with van der Waals surface area (Å²) in [6.07, 6.45) is 1.90. The van der Waals surface area contributed by atoms with E-state index in [-0.39, 0.29) is 0 Å². The van der Waals surface area contributed by atoms with E-state index in [1.165, 1.54) is 5.56 Å². The second kappa shape index (κ2) is 6.48. The lowest BCUT2D eigenvalue weighted by atomic mass is 10.1. The zero-order valence-corrected chi connectivity index (χ0v) is 10.8. The zero-order valence-electron chi connectivity index (χ0n) is 10.8. The van der Waals surface area contributed by atoms with Crippen molar-refractivity contribution in [1.29, 1.82) is 0 Å². The summed E-state index contributed by atoms with van der Waals surface area (Å²) in [6.45, 7) is 11.6. The second-order valence-electron chi connectivity index (χ2n) is 3.90. The zero-order chi connectivity index (χ0) is 12.0. The first-order chi connectivity index (χ1) is 7.72. The highest BCUT2D eigenvalue weighted by Crippen LogP contribution is 2.17. The number of anilines is 1. The molecule has 0 aliphatic heterocycles. The maximum absolute atomic E-state index is 4.42. The average Bonchev–Trinajstić information content (AvgIpc) is 2.31. The molecule has 0 fully saturated rings. The summed E-state index contributed by atoms with van der Waals surface area (Å²) in [7, 11) is 0. The molecular formula is C13H23N3. The molecule has 0 aliphatic rings. The summed E-state index contributed by atoms with van der Waals surface area (Å²) < 4.78 is 0. The highest BCUT2D eigenvalue weighted by atomic mass is 15.2. The number of pyridine rings is 1. The van der Waals surface area contributed by atoms with Gasteiger partial charge in [-0.25, -0.2) is 4.98 Å². The van der Waals surface area contributed by atoms with E-state index in [1.54, 1.807) is 0 Å². The predicted octanol–water partition coefficient (Wildman–Crippen LogP) is 2.60. The van der Waals surface area contributed by atoms with Crippen molar-refractivity contribution in [1.82, 2.24) is 10.3 Å². The van der Waals surface area contributed by atoms with Crippen LogP contribution < -0.4 is 10.2 Å². The smallest absolute Gasteiger partial charge is 0.128 e. The quantitative estimate of drug-likeness (QED) is 0.800. The summed E-state index contributed by atoms with van der Waals surface area (Å²) in [5.74, 6) is 1.08. The van der Waals surface area contributed by atoms with Gasteiger partial charge in [-0.15, -0.1) is 0 Å². The molecule has 0 aromatic carbocycles. The molecule has 1 heterocycles. The maximum Gasteiger partial charge on any atom is 0.128 e. The first kappa shape index (κ1) is 13.0. The van der Waals surface area contributed by atoms with Crippen molar-refractivity contribution in [2.45, 2.75) is 33.7 Å². The van der Waals surface area contributed by atoms with E-state index in [0.717, 1.165) is 25.5 Å². The van der Waals surface area contributed by atoms with E-state index in [9.17, 15) is 0 Å². The molecule has 90 valence electrons. The van der Waals surface area contributed by atoms with Crippen LogP contribution in [0.15, 0.2) is 18.3 Å². The first-order valence-electron chi connectivity index (χ1n) is 6.17. The Morgan fingerprint density at radius 2 is 2.00 bits per heavy atom. The van der Waals surface area contributed by atoms with E-state index in [4.69, 9.17) is 0 Å². The van der Waals surface area contributed by atoms with E-state index >= 15 is 0 Å². The molecule has 1 aromatic rings. The summed E-state index contributed by atoms with van der Waals surface area (Å²) in [5.41, 5.74) is 1.30. The van der Waals surface area contributed by atoms with Crippen molar-refractivity contribution in [3.63, 3.8) is 0 Å². The Hall–Kier alpha value is -1.09. The Bertz CT molecular complexity index is 308. The summed E-state index contributed by atoms with van der Waals surface area (Å²) in [4.78, 5) is 6.69. The van der Waals surface area contributed by atoms with Crippen LogP contribution in [0, 0.1) is 0 Å². The van der Waals surface area contributed by atoms with Gasteiger partial charge in [-0.3, -0.25) is 0 Å². The fourth-order valence-electron chi connectivity index (χ4n) is 1.85. The molecule has 1 N–H and O–H groups in total. The number of aromatic nitrogens is 1. The Balaban J connectivity index is 2.85. The van der Waals surface area contributed by atoms with Gasteiger partial charge in [0.15, 0.2) is 0 Å². The third-order valence-corrected chi connectivity index (χ3v) is 2.87. The Morgan fingerprint density at radius 1 is 1.31 bits per heavy atom. The van der Waals surface area contributed by atoms with Gasteiger partial charge < -0.3 is 10.2 Å². The van der Waals surface area contributed by atoms with Crippen LogP contribution >= 0.6 is 0 Å². The number of hydrogen-bond acceptors (Lipinski definition) is 3. The van der Waals surface area contributed by atoms with E-state index in [0.29, 0.717) is 6.04 Å². The van der Waals surface area contributed by atoms with Crippen LogP contribution in [0.5, 0.6) is 0 Å². The van der Waals surface area contributed by atoms with Crippen molar-refractivity contribution >= 4 is 5.82 Å². The Morgan fingerprint density at radius 3 is 2.56 bits per heavy atom. The predicted molar refractivity (Wildman–Crippen MR) is 69.9 cm³/mol. The van der Waals surface area contributed by atoms with Gasteiger partial charge in [-0.2, -0.15) is 0 Å². The van der Waals surface area contributed by atoms with Crippen LogP contribution in [0.25, 0.3) is 0 Å². The third kappa shape index (κ3) is 3.20. The maximum atomic E-state index is 4.42. The number of hydrogen-bond donors (Lipinski definition) is 1. The fourth-order valence-corrected chi connectivity index (χ4v) is 1.85. The number of nitrogens with zero attached hydrogens (tertiary/aromatic N) is 2. The molecule has 1 aromatic heterocycles. The molecule has 0 spiro atoms. The molecule has 1 unspecified atom stereocenters. The third-order valence-electron chi connectivity index (χ3n) is 2.87. The summed E-state index contributed by atoms with van der Waals surface area (Å²) >= 11 is 0. The lowest BCUT2D eigenvalue weighted by Crippen LogP contribution is -2.24. The first-order valence-corrected chi connectivity index (χ1v) is 6.17. The van der Waals surface area contributed by atoms with Gasteiger partial charge in [0.05, 0.1) is 0 Å². The molecule has 0 bridgehead atoms. The van der Waals surface area contributed by atoms with Crippen molar-refractivity contribution < 1.29 is 0 Å². The molecule has 3 heteroatoms.